The van der Waals surface area contributed by atoms with Crippen molar-refractivity contribution in [3.8, 4) is 11.8 Å². The van der Waals surface area contributed by atoms with Gasteiger partial charge in [-0.15, -0.1) is 0 Å². The smallest absolute Gasteiger partial charge is 0.337 e. The van der Waals surface area contributed by atoms with Crippen LogP contribution in [-0.4, -0.2) is 38.9 Å². The second kappa shape index (κ2) is 8.67. The van der Waals surface area contributed by atoms with Gasteiger partial charge in [0.2, 0.25) is 5.91 Å². The summed E-state index contributed by atoms with van der Waals surface area (Å²) in [5.74, 6) is -0.471. The van der Waals surface area contributed by atoms with Crippen molar-refractivity contribution in [1.29, 1.82) is 5.26 Å². The predicted octanol–water partition coefficient (Wildman–Crippen LogP) is 2.43. The molecule has 128 valence electrons. The number of hydrogen-bond donors (Lipinski definition) is 1. The number of rotatable bonds is 7. The largest absolute Gasteiger partial charge is 0.495 e. The van der Waals surface area contributed by atoms with Crippen LogP contribution in [0.25, 0.3) is 0 Å². The molecule has 0 heterocycles. The Bertz CT molecular complexity index is 675. The first kappa shape index (κ1) is 19.2. The number of benzene rings is 1. The summed E-state index contributed by atoms with van der Waals surface area (Å²) in [7, 11) is 2.73. The van der Waals surface area contributed by atoms with Gasteiger partial charge in [-0.1, -0.05) is 0 Å². The SMILES string of the molecule is COC(=O)c1ccc(NC(=O)C/N=C/CC(C)(C)C#N)c(OC)c1. The fourth-order valence-electron chi connectivity index (χ4n) is 1.71. The maximum absolute atomic E-state index is 11.9. The van der Waals surface area contributed by atoms with Gasteiger partial charge in [0.15, 0.2) is 0 Å². The summed E-state index contributed by atoms with van der Waals surface area (Å²) >= 11 is 0. The summed E-state index contributed by atoms with van der Waals surface area (Å²) in [6, 6.07) is 6.74. The number of methoxy groups -OCH3 is 2. The molecule has 0 saturated carbocycles. The van der Waals surface area contributed by atoms with Gasteiger partial charge >= 0.3 is 5.97 Å². The molecule has 0 spiro atoms. The van der Waals surface area contributed by atoms with Gasteiger partial charge in [-0.2, -0.15) is 5.26 Å². The molecule has 7 heteroatoms. The molecule has 1 aromatic rings. The lowest BCUT2D eigenvalue weighted by Crippen LogP contribution is -2.16. The number of nitrogens with zero attached hydrogens (tertiary/aromatic N) is 2. The Labute approximate surface area is 141 Å². The number of esters is 1. The highest BCUT2D eigenvalue weighted by Gasteiger charge is 2.15. The van der Waals surface area contributed by atoms with Crippen LogP contribution in [0.2, 0.25) is 0 Å². The van der Waals surface area contributed by atoms with Gasteiger partial charge in [0.25, 0.3) is 0 Å². The van der Waals surface area contributed by atoms with Crippen molar-refractivity contribution in [2.24, 2.45) is 10.4 Å². The van der Waals surface area contributed by atoms with Gasteiger partial charge < -0.3 is 14.8 Å². The summed E-state index contributed by atoms with van der Waals surface area (Å²) in [6.07, 6.45) is 2.04. The first-order valence-electron chi connectivity index (χ1n) is 7.28. The van der Waals surface area contributed by atoms with E-state index in [1.54, 1.807) is 26.1 Å². The average Bonchev–Trinajstić information content (AvgIpc) is 2.58. The zero-order valence-corrected chi connectivity index (χ0v) is 14.3. The van der Waals surface area contributed by atoms with Gasteiger partial charge in [-0.3, -0.25) is 9.79 Å². The molecule has 1 aromatic carbocycles. The Morgan fingerprint density at radius 1 is 1.38 bits per heavy atom. The zero-order chi connectivity index (χ0) is 18.2. The van der Waals surface area contributed by atoms with Gasteiger partial charge in [0, 0.05) is 12.6 Å². The third kappa shape index (κ3) is 5.72. The van der Waals surface area contributed by atoms with Crippen LogP contribution in [-0.2, 0) is 9.53 Å². The second-order valence-electron chi connectivity index (χ2n) is 5.68. The normalized spacial score (nSPS) is 11.0. The fraction of sp³-hybridized carbons (Fsp3) is 0.412. The first-order valence-corrected chi connectivity index (χ1v) is 7.28. The monoisotopic (exact) mass is 331 g/mol. The molecule has 0 radical (unpaired) electrons. The molecule has 0 bridgehead atoms. The number of carbonyl (C=O) groups is 2. The summed E-state index contributed by atoms with van der Waals surface area (Å²) < 4.78 is 9.80. The highest BCUT2D eigenvalue weighted by molar-refractivity contribution is 5.96. The molecule has 0 aromatic heterocycles. The molecule has 1 rings (SSSR count). The maximum atomic E-state index is 11.9. The molecule has 0 aliphatic rings. The number of amides is 1. The summed E-state index contributed by atoms with van der Waals surface area (Å²) in [5, 5.41) is 11.6. The van der Waals surface area contributed by atoms with Crippen LogP contribution in [0.15, 0.2) is 23.2 Å². The van der Waals surface area contributed by atoms with Crippen molar-refractivity contribution in [1.82, 2.24) is 0 Å². The van der Waals surface area contributed by atoms with Gasteiger partial charge in [-0.25, -0.2) is 4.79 Å². The summed E-state index contributed by atoms with van der Waals surface area (Å²) in [5.41, 5.74) is 0.249. The minimum atomic E-state index is -0.507. The van der Waals surface area contributed by atoms with Gasteiger partial charge in [-0.05, 0) is 32.0 Å². The predicted molar refractivity (Wildman–Crippen MR) is 90.3 cm³/mol. The number of carbonyl (C=O) groups excluding carboxylic acids is 2. The lowest BCUT2D eigenvalue weighted by molar-refractivity contribution is -0.114. The number of anilines is 1. The topological polar surface area (TPSA) is 101 Å². The van der Waals surface area contributed by atoms with Crippen LogP contribution in [0.5, 0.6) is 5.75 Å². The maximum Gasteiger partial charge on any atom is 0.337 e. The van der Waals surface area contributed by atoms with E-state index in [0.717, 1.165) is 0 Å². The molecule has 0 unspecified atom stereocenters. The molecule has 0 saturated heterocycles. The minimum absolute atomic E-state index is 0.0661. The van der Waals surface area contributed by atoms with Crippen molar-refractivity contribution < 1.29 is 19.1 Å². The van der Waals surface area contributed by atoms with Gasteiger partial charge in [0.1, 0.15) is 12.3 Å². The number of ether oxygens (including phenoxy) is 2. The fourth-order valence-corrected chi connectivity index (χ4v) is 1.71. The van der Waals surface area contributed by atoms with Gasteiger partial charge in [0.05, 0.1) is 37.0 Å². The number of hydrogen-bond acceptors (Lipinski definition) is 6. The quantitative estimate of drug-likeness (QED) is 0.611. The van der Waals surface area contributed by atoms with Crippen LogP contribution in [0.4, 0.5) is 5.69 Å². The number of nitrogens with one attached hydrogen (secondary N) is 1. The van der Waals surface area contributed by atoms with E-state index >= 15 is 0 Å². The molecule has 0 fully saturated rings. The third-order valence-corrected chi connectivity index (χ3v) is 3.16. The lowest BCUT2D eigenvalue weighted by atomic mass is 9.92. The van der Waals surface area contributed by atoms with Crippen molar-refractivity contribution in [2.75, 3.05) is 26.1 Å². The zero-order valence-electron chi connectivity index (χ0n) is 14.3. The molecule has 24 heavy (non-hydrogen) atoms. The molecule has 7 nitrogen and oxygen atoms in total. The Balaban J connectivity index is 2.69. The average molecular weight is 331 g/mol. The Morgan fingerprint density at radius 3 is 2.67 bits per heavy atom. The molecule has 0 atom stereocenters. The summed E-state index contributed by atoms with van der Waals surface area (Å²) in [4.78, 5) is 27.4. The Kier molecular flexibility index (Phi) is 6.93. The van der Waals surface area contributed by atoms with E-state index in [1.807, 2.05) is 0 Å². The van der Waals surface area contributed by atoms with E-state index in [2.05, 4.69) is 21.1 Å². The number of aliphatic imine (C=N–C) groups is 1. The second-order valence-corrected chi connectivity index (χ2v) is 5.68. The van der Waals surface area contributed by atoms with E-state index in [0.29, 0.717) is 23.4 Å². The van der Waals surface area contributed by atoms with Crippen LogP contribution in [0.1, 0.15) is 30.6 Å². The molecule has 1 amide bonds. The molecule has 0 aliphatic heterocycles. The van der Waals surface area contributed by atoms with Crippen molar-refractivity contribution in [2.45, 2.75) is 20.3 Å². The Hall–Kier alpha value is -2.88. The Morgan fingerprint density at radius 2 is 2.08 bits per heavy atom. The van der Waals surface area contributed by atoms with Crippen molar-refractivity contribution >= 4 is 23.8 Å². The van der Waals surface area contributed by atoms with E-state index in [-0.39, 0.29) is 12.5 Å². The van der Waals surface area contributed by atoms with E-state index in [1.165, 1.54) is 26.4 Å². The van der Waals surface area contributed by atoms with Crippen LogP contribution < -0.4 is 10.1 Å². The van der Waals surface area contributed by atoms with E-state index in [4.69, 9.17) is 10.00 Å². The lowest BCUT2D eigenvalue weighted by Gasteiger charge is -2.11. The van der Waals surface area contributed by atoms with Crippen LogP contribution in [0.3, 0.4) is 0 Å². The van der Waals surface area contributed by atoms with E-state index < -0.39 is 11.4 Å². The summed E-state index contributed by atoms with van der Waals surface area (Å²) in [6.45, 7) is 3.53. The van der Waals surface area contributed by atoms with Crippen LogP contribution in [0, 0.1) is 16.7 Å². The highest BCUT2D eigenvalue weighted by atomic mass is 16.5. The molecule has 1 N–H and O–H groups in total. The third-order valence-electron chi connectivity index (χ3n) is 3.16. The van der Waals surface area contributed by atoms with Crippen molar-refractivity contribution in [3.63, 3.8) is 0 Å². The molecular weight excluding hydrogens is 310 g/mol. The van der Waals surface area contributed by atoms with E-state index in [9.17, 15) is 9.59 Å². The van der Waals surface area contributed by atoms with Crippen LogP contribution >= 0.6 is 0 Å². The standard InChI is InChI=1S/C17H21N3O4/c1-17(2,11-18)7-8-19-10-15(21)20-13-6-5-12(16(22)24-4)9-14(13)23-3/h5-6,8-9H,7,10H2,1-4H3,(H,20,21)/b19-8+. The molecular formula is C17H21N3O4. The number of nitriles is 1. The van der Waals surface area contributed by atoms with Crippen molar-refractivity contribution in [3.05, 3.63) is 23.8 Å². The molecule has 0 aliphatic carbocycles. The first-order chi connectivity index (χ1) is 11.3. The highest BCUT2D eigenvalue weighted by Crippen LogP contribution is 2.25. The minimum Gasteiger partial charge on any atom is -0.495 e.